The van der Waals surface area contributed by atoms with Crippen LogP contribution in [-0.4, -0.2) is 21.2 Å². The first kappa shape index (κ1) is 15.3. The maximum Gasteiger partial charge on any atom is 0.339 e. The molecule has 0 fully saturated rings. The second-order valence-corrected chi connectivity index (χ2v) is 5.93. The molecule has 21 heavy (non-hydrogen) atoms. The Bertz CT molecular complexity index is 661. The molecule has 6 nitrogen and oxygen atoms in total. The van der Waals surface area contributed by atoms with Crippen molar-refractivity contribution in [2.24, 2.45) is 0 Å². The fourth-order valence-corrected chi connectivity index (χ4v) is 1.71. The highest BCUT2D eigenvalue weighted by molar-refractivity contribution is 6.30. The summed E-state index contributed by atoms with van der Waals surface area (Å²) < 4.78 is 10.5. The van der Waals surface area contributed by atoms with E-state index in [2.05, 4.69) is 10.1 Å². The lowest BCUT2D eigenvalue weighted by atomic mass is 9.96. The van der Waals surface area contributed by atoms with Gasteiger partial charge < -0.3 is 14.4 Å². The smallest absolute Gasteiger partial charge is 0.339 e. The van der Waals surface area contributed by atoms with Crippen molar-refractivity contribution in [2.75, 3.05) is 0 Å². The molecule has 0 unspecified atom stereocenters. The number of carboxylic acids is 1. The fourth-order valence-electron chi connectivity index (χ4n) is 1.55. The molecule has 0 spiro atoms. The van der Waals surface area contributed by atoms with Crippen molar-refractivity contribution < 1.29 is 19.2 Å². The monoisotopic (exact) mass is 310 g/mol. The largest absolute Gasteiger partial charge is 0.483 e. The summed E-state index contributed by atoms with van der Waals surface area (Å²) in [5.41, 5.74) is -0.209. The Morgan fingerprint density at radius 3 is 2.71 bits per heavy atom. The van der Waals surface area contributed by atoms with E-state index in [1.54, 1.807) is 0 Å². The third kappa shape index (κ3) is 3.72. The van der Waals surface area contributed by atoms with E-state index in [0.717, 1.165) is 0 Å². The van der Waals surface area contributed by atoms with Crippen molar-refractivity contribution in [1.29, 1.82) is 0 Å². The summed E-state index contributed by atoms with van der Waals surface area (Å²) in [4.78, 5) is 15.3. The van der Waals surface area contributed by atoms with Gasteiger partial charge in [0.25, 0.3) is 5.89 Å². The Kier molecular flexibility index (Phi) is 4.18. The Hall–Kier alpha value is -2.08. The number of carbonyl (C=O) groups is 1. The van der Waals surface area contributed by atoms with E-state index in [-0.39, 0.29) is 29.2 Å². The van der Waals surface area contributed by atoms with Crippen LogP contribution in [0.4, 0.5) is 0 Å². The number of hydrogen-bond acceptors (Lipinski definition) is 5. The summed E-state index contributed by atoms with van der Waals surface area (Å²) in [6.07, 6.45) is 0. The van der Waals surface area contributed by atoms with E-state index in [1.807, 2.05) is 20.8 Å². The molecule has 0 aliphatic rings. The number of hydrogen-bond donors (Lipinski definition) is 1. The maximum atomic E-state index is 11.1. The standard InChI is InChI=1S/C14H15ClN2O4/c1-14(2,3)13-16-11(21-17-13)7-20-10-6-8(15)4-5-9(10)12(18)19/h4-6H,7H2,1-3H3,(H,18,19). The van der Waals surface area contributed by atoms with Gasteiger partial charge in [0.1, 0.15) is 11.3 Å². The summed E-state index contributed by atoms with van der Waals surface area (Å²) >= 11 is 5.84. The minimum Gasteiger partial charge on any atom is -0.483 e. The van der Waals surface area contributed by atoms with Crippen LogP contribution in [0.2, 0.25) is 5.02 Å². The minimum absolute atomic E-state index is 0.0231. The SMILES string of the molecule is CC(C)(C)c1noc(COc2cc(Cl)ccc2C(=O)O)n1. The lowest BCUT2D eigenvalue weighted by molar-refractivity contribution is 0.0691. The molecule has 0 aliphatic heterocycles. The van der Waals surface area contributed by atoms with Crippen LogP contribution < -0.4 is 4.74 Å². The number of ether oxygens (including phenoxy) is 1. The molecule has 0 saturated heterocycles. The normalized spacial score (nSPS) is 11.4. The van der Waals surface area contributed by atoms with Gasteiger partial charge in [0.15, 0.2) is 12.4 Å². The number of aromatic nitrogens is 2. The van der Waals surface area contributed by atoms with Crippen LogP contribution in [0.3, 0.4) is 0 Å². The van der Waals surface area contributed by atoms with Crippen molar-refractivity contribution in [3.63, 3.8) is 0 Å². The molecular weight excluding hydrogens is 296 g/mol. The summed E-state index contributed by atoms with van der Waals surface area (Å²) in [5.74, 6) is -0.102. The third-order valence-electron chi connectivity index (χ3n) is 2.66. The lowest BCUT2D eigenvalue weighted by Gasteiger charge is -2.11. The fraction of sp³-hybridized carbons (Fsp3) is 0.357. The average Bonchev–Trinajstić information content (AvgIpc) is 2.84. The highest BCUT2D eigenvalue weighted by Gasteiger charge is 2.21. The molecule has 0 bridgehead atoms. The van der Waals surface area contributed by atoms with Crippen molar-refractivity contribution in [3.05, 3.63) is 40.5 Å². The van der Waals surface area contributed by atoms with Crippen LogP contribution in [0, 0.1) is 0 Å². The van der Waals surface area contributed by atoms with E-state index in [9.17, 15) is 4.79 Å². The molecule has 0 aliphatic carbocycles. The van der Waals surface area contributed by atoms with Gasteiger partial charge in [0.2, 0.25) is 0 Å². The molecule has 0 saturated carbocycles. The van der Waals surface area contributed by atoms with Crippen molar-refractivity contribution in [1.82, 2.24) is 10.1 Å². The van der Waals surface area contributed by atoms with E-state index in [1.165, 1.54) is 18.2 Å². The first-order valence-corrected chi connectivity index (χ1v) is 6.64. The molecule has 0 amide bonds. The van der Waals surface area contributed by atoms with Crippen molar-refractivity contribution >= 4 is 17.6 Å². The Morgan fingerprint density at radius 1 is 1.43 bits per heavy atom. The van der Waals surface area contributed by atoms with Gasteiger partial charge in [-0.3, -0.25) is 0 Å². The van der Waals surface area contributed by atoms with Gasteiger partial charge >= 0.3 is 5.97 Å². The Morgan fingerprint density at radius 2 is 2.14 bits per heavy atom. The zero-order valence-corrected chi connectivity index (χ0v) is 12.6. The van der Waals surface area contributed by atoms with Crippen LogP contribution in [0.15, 0.2) is 22.7 Å². The average molecular weight is 311 g/mol. The predicted molar refractivity (Wildman–Crippen MR) is 75.7 cm³/mol. The summed E-state index contributed by atoms with van der Waals surface area (Å²) in [5, 5.41) is 13.3. The van der Waals surface area contributed by atoms with E-state index in [4.69, 9.17) is 26.0 Å². The van der Waals surface area contributed by atoms with Crippen LogP contribution in [0.25, 0.3) is 0 Å². The second-order valence-electron chi connectivity index (χ2n) is 5.50. The van der Waals surface area contributed by atoms with Gasteiger partial charge in [-0.25, -0.2) is 4.79 Å². The second kappa shape index (κ2) is 5.73. The molecule has 1 N–H and O–H groups in total. The molecular formula is C14H15ClN2O4. The molecule has 2 aromatic rings. The van der Waals surface area contributed by atoms with Gasteiger partial charge in [-0.15, -0.1) is 0 Å². The van der Waals surface area contributed by atoms with E-state index in [0.29, 0.717) is 10.8 Å². The molecule has 2 rings (SSSR count). The highest BCUT2D eigenvalue weighted by atomic mass is 35.5. The van der Waals surface area contributed by atoms with Crippen molar-refractivity contribution in [3.8, 4) is 5.75 Å². The number of halogens is 1. The predicted octanol–water partition coefficient (Wildman–Crippen LogP) is 3.30. The number of carboxylic acid groups (broad SMARTS) is 1. The quantitative estimate of drug-likeness (QED) is 0.932. The maximum absolute atomic E-state index is 11.1. The number of aromatic carboxylic acids is 1. The molecule has 1 aromatic carbocycles. The number of nitrogens with zero attached hydrogens (tertiary/aromatic N) is 2. The van der Waals surface area contributed by atoms with Crippen LogP contribution in [-0.2, 0) is 12.0 Å². The van der Waals surface area contributed by atoms with Gasteiger partial charge in [0, 0.05) is 10.4 Å². The third-order valence-corrected chi connectivity index (χ3v) is 2.90. The molecule has 7 heteroatoms. The number of benzene rings is 1. The van der Waals surface area contributed by atoms with Gasteiger partial charge in [-0.05, 0) is 18.2 Å². The molecule has 112 valence electrons. The van der Waals surface area contributed by atoms with Crippen LogP contribution >= 0.6 is 11.6 Å². The van der Waals surface area contributed by atoms with Crippen LogP contribution in [0.1, 0.15) is 42.8 Å². The zero-order chi connectivity index (χ0) is 15.6. The highest BCUT2D eigenvalue weighted by Crippen LogP contribution is 2.25. The zero-order valence-electron chi connectivity index (χ0n) is 11.9. The summed E-state index contributed by atoms with van der Waals surface area (Å²) in [7, 11) is 0. The molecule has 1 aromatic heterocycles. The topological polar surface area (TPSA) is 85.5 Å². The van der Waals surface area contributed by atoms with Gasteiger partial charge in [-0.1, -0.05) is 37.5 Å². The molecule has 0 atom stereocenters. The van der Waals surface area contributed by atoms with Crippen molar-refractivity contribution in [2.45, 2.75) is 32.8 Å². The van der Waals surface area contributed by atoms with Gasteiger partial charge in [-0.2, -0.15) is 4.98 Å². The summed E-state index contributed by atoms with van der Waals surface area (Å²) in [6.45, 7) is 5.86. The van der Waals surface area contributed by atoms with Gasteiger partial charge in [0.05, 0.1) is 0 Å². The first-order chi connectivity index (χ1) is 9.77. The Labute approximate surface area is 126 Å². The van der Waals surface area contributed by atoms with E-state index >= 15 is 0 Å². The molecule has 1 heterocycles. The lowest BCUT2D eigenvalue weighted by Crippen LogP contribution is -2.13. The summed E-state index contributed by atoms with van der Waals surface area (Å²) in [6, 6.07) is 4.31. The number of rotatable bonds is 4. The first-order valence-electron chi connectivity index (χ1n) is 6.26. The van der Waals surface area contributed by atoms with E-state index < -0.39 is 5.97 Å². The minimum atomic E-state index is -1.09. The Balaban J connectivity index is 2.15. The molecule has 0 radical (unpaired) electrons. The van der Waals surface area contributed by atoms with Crippen LogP contribution in [0.5, 0.6) is 5.75 Å².